The molecule has 4 rings (SSSR count). The Morgan fingerprint density at radius 1 is 1.17 bits per heavy atom. The molecule has 0 N–H and O–H groups in total. The molecule has 35 heavy (non-hydrogen) atoms. The summed E-state index contributed by atoms with van der Waals surface area (Å²) < 4.78 is 24.6. The number of ether oxygens (including phenoxy) is 4. The molecule has 8 nitrogen and oxygen atoms in total. The van der Waals surface area contributed by atoms with E-state index in [0.29, 0.717) is 42.1 Å². The zero-order valence-corrected chi connectivity index (χ0v) is 21.0. The van der Waals surface area contributed by atoms with Crippen LogP contribution in [0, 0.1) is 6.92 Å². The summed E-state index contributed by atoms with van der Waals surface area (Å²) in [6, 6.07) is 14.7. The zero-order chi connectivity index (χ0) is 24.8. The number of hydrogen-bond acceptors (Lipinski definition) is 6. The highest BCUT2D eigenvalue weighted by molar-refractivity contribution is 6.30. The van der Waals surface area contributed by atoms with Crippen LogP contribution >= 0.6 is 11.6 Å². The van der Waals surface area contributed by atoms with Gasteiger partial charge >= 0.3 is 0 Å². The molecule has 0 radical (unpaired) electrons. The Labute approximate surface area is 210 Å². The summed E-state index contributed by atoms with van der Waals surface area (Å²) in [5, 5.41) is 5.38. The van der Waals surface area contributed by atoms with E-state index in [1.54, 1.807) is 28.8 Å². The lowest BCUT2D eigenvalue weighted by Gasteiger charge is -2.25. The van der Waals surface area contributed by atoms with Gasteiger partial charge in [0.1, 0.15) is 6.61 Å². The van der Waals surface area contributed by atoms with Gasteiger partial charge in [0.05, 0.1) is 36.7 Å². The molecule has 1 fully saturated rings. The third-order valence-electron chi connectivity index (χ3n) is 5.90. The molecule has 186 valence electrons. The minimum Gasteiger partial charge on any atom is -0.493 e. The molecule has 1 aliphatic heterocycles. The lowest BCUT2D eigenvalue weighted by atomic mass is 10.2. The molecule has 0 bridgehead atoms. The maximum atomic E-state index is 13.0. The first kappa shape index (κ1) is 25.0. The summed E-state index contributed by atoms with van der Waals surface area (Å²) in [6.07, 6.45) is 1.91. The summed E-state index contributed by atoms with van der Waals surface area (Å²) in [7, 11) is 3.11. The van der Waals surface area contributed by atoms with Gasteiger partial charge in [-0.15, -0.1) is 0 Å². The van der Waals surface area contributed by atoms with Crippen molar-refractivity contribution in [2.75, 3.05) is 34.0 Å². The quantitative estimate of drug-likeness (QED) is 0.399. The molecule has 0 unspecified atom stereocenters. The van der Waals surface area contributed by atoms with Crippen molar-refractivity contribution >= 4 is 17.5 Å². The average molecular weight is 500 g/mol. The number of methoxy groups -OCH3 is 2. The van der Waals surface area contributed by atoms with Crippen molar-refractivity contribution in [1.29, 1.82) is 0 Å². The SMILES string of the molecule is COCC(=O)N(Cc1c(C)nn(-c2ccc(Cl)cc2)c1Oc1ccccc1OC)C[C@@H]1CCCO1. The second-order valence-electron chi connectivity index (χ2n) is 8.35. The van der Waals surface area contributed by atoms with Crippen molar-refractivity contribution in [2.45, 2.75) is 32.4 Å². The molecular weight excluding hydrogens is 470 g/mol. The molecule has 0 saturated carbocycles. The summed E-state index contributed by atoms with van der Waals surface area (Å²) in [4.78, 5) is 14.7. The van der Waals surface area contributed by atoms with Gasteiger partial charge in [-0.05, 0) is 56.2 Å². The van der Waals surface area contributed by atoms with E-state index in [1.165, 1.54) is 7.11 Å². The van der Waals surface area contributed by atoms with Gasteiger partial charge in [0.25, 0.3) is 0 Å². The Morgan fingerprint density at radius 3 is 2.57 bits per heavy atom. The minimum atomic E-state index is -0.120. The van der Waals surface area contributed by atoms with Crippen molar-refractivity contribution in [3.63, 3.8) is 0 Å². The van der Waals surface area contributed by atoms with E-state index in [-0.39, 0.29) is 18.6 Å². The van der Waals surface area contributed by atoms with Gasteiger partial charge in [-0.25, -0.2) is 4.68 Å². The first-order chi connectivity index (χ1) is 17.0. The van der Waals surface area contributed by atoms with E-state index < -0.39 is 0 Å². The van der Waals surface area contributed by atoms with E-state index >= 15 is 0 Å². The average Bonchev–Trinajstić information content (AvgIpc) is 3.48. The molecule has 2 heterocycles. The first-order valence-corrected chi connectivity index (χ1v) is 11.9. The second-order valence-corrected chi connectivity index (χ2v) is 8.79. The molecule has 1 aliphatic rings. The smallest absolute Gasteiger partial charge is 0.248 e. The molecule has 1 aromatic heterocycles. The van der Waals surface area contributed by atoms with Crippen molar-refractivity contribution in [2.24, 2.45) is 0 Å². The number of amides is 1. The predicted molar refractivity (Wildman–Crippen MR) is 133 cm³/mol. The molecule has 2 aromatic carbocycles. The number of nitrogens with zero attached hydrogens (tertiary/aromatic N) is 3. The number of halogens is 1. The van der Waals surface area contributed by atoms with Gasteiger partial charge in [-0.1, -0.05) is 23.7 Å². The fraction of sp³-hybridized carbons (Fsp3) is 0.385. The molecule has 3 aromatic rings. The Kier molecular flexibility index (Phi) is 8.28. The van der Waals surface area contributed by atoms with Crippen LogP contribution in [0.15, 0.2) is 48.5 Å². The maximum Gasteiger partial charge on any atom is 0.248 e. The Bertz CT molecular complexity index is 1140. The summed E-state index contributed by atoms with van der Waals surface area (Å²) >= 11 is 6.11. The molecule has 1 amide bonds. The highest BCUT2D eigenvalue weighted by Gasteiger charge is 2.27. The first-order valence-electron chi connectivity index (χ1n) is 11.5. The number of aryl methyl sites for hydroxylation is 1. The number of rotatable bonds is 10. The summed E-state index contributed by atoms with van der Waals surface area (Å²) in [6.45, 7) is 3.38. The number of benzene rings is 2. The van der Waals surface area contributed by atoms with Crippen molar-refractivity contribution < 1.29 is 23.7 Å². The number of aromatic nitrogens is 2. The summed E-state index contributed by atoms with van der Waals surface area (Å²) in [5.74, 6) is 1.51. The van der Waals surface area contributed by atoms with Crippen molar-refractivity contribution in [3.05, 3.63) is 64.8 Å². The predicted octanol–water partition coefficient (Wildman–Crippen LogP) is 4.79. The van der Waals surface area contributed by atoms with Gasteiger partial charge in [-0.3, -0.25) is 4.79 Å². The number of carbonyl (C=O) groups excluding carboxylic acids is 1. The van der Waals surface area contributed by atoms with Crippen LogP contribution < -0.4 is 9.47 Å². The fourth-order valence-corrected chi connectivity index (χ4v) is 4.21. The Morgan fingerprint density at radius 2 is 1.91 bits per heavy atom. The molecule has 0 spiro atoms. The fourth-order valence-electron chi connectivity index (χ4n) is 4.08. The minimum absolute atomic E-state index is 0.000933. The van der Waals surface area contributed by atoms with E-state index in [1.807, 2.05) is 43.3 Å². The molecule has 1 atom stereocenters. The van der Waals surface area contributed by atoms with Gasteiger partial charge in [-0.2, -0.15) is 5.10 Å². The highest BCUT2D eigenvalue weighted by Crippen LogP contribution is 2.36. The molecule has 1 saturated heterocycles. The van der Waals surface area contributed by atoms with Crippen molar-refractivity contribution in [1.82, 2.24) is 14.7 Å². The van der Waals surface area contributed by atoms with Gasteiger partial charge in [0.15, 0.2) is 11.5 Å². The van der Waals surface area contributed by atoms with Crippen LogP contribution in [0.2, 0.25) is 5.02 Å². The zero-order valence-electron chi connectivity index (χ0n) is 20.2. The van der Waals surface area contributed by atoms with Gasteiger partial charge in [0.2, 0.25) is 11.8 Å². The van der Waals surface area contributed by atoms with E-state index in [4.69, 9.17) is 35.6 Å². The van der Waals surface area contributed by atoms with E-state index in [0.717, 1.165) is 29.8 Å². The highest BCUT2D eigenvalue weighted by atomic mass is 35.5. The second kappa shape index (κ2) is 11.6. The number of carbonyl (C=O) groups is 1. The van der Waals surface area contributed by atoms with E-state index in [9.17, 15) is 4.79 Å². The number of hydrogen-bond donors (Lipinski definition) is 0. The molecule has 9 heteroatoms. The van der Waals surface area contributed by atoms with Crippen molar-refractivity contribution in [3.8, 4) is 23.1 Å². The normalized spacial score (nSPS) is 15.3. The van der Waals surface area contributed by atoms with Crippen LogP contribution in [-0.4, -0.2) is 60.7 Å². The Hall–Kier alpha value is -3.07. The van der Waals surface area contributed by atoms with Crippen LogP contribution in [-0.2, 0) is 20.8 Å². The van der Waals surface area contributed by atoms with Crippen LogP contribution in [0.25, 0.3) is 5.69 Å². The lowest BCUT2D eigenvalue weighted by molar-refractivity contribution is -0.137. The standard InChI is InChI=1S/C26H30ClN3O5/c1-18-22(16-29(25(31)17-32-2)15-21-7-6-14-34-21)26(35-24-9-5-4-8-23(24)33-3)30(28-18)20-12-10-19(27)11-13-20/h4-5,8-13,21H,6-7,14-17H2,1-3H3/t21-/m0/s1. The van der Waals surface area contributed by atoms with Crippen LogP contribution in [0.4, 0.5) is 0 Å². The topological polar surface area (TPSA) is 75.1 Å². The monoisotopic (exact) mass is 499 g/mol. The number of para-hydroxylation sites is 2. The van der Waals surface area contributed by atoms with Crippen LogP contribution in [0.1, 0.15) is 24.1 Å². The molecule has 0 aliphatic carbocycles. The third kappa shape index (κ3) is 5.96. The largest absolute Gasteiger partial charge is 0.493 e. The maximum absolute atomic E-state index is 13.0. The van der Waals surface area contributed by atoms with Gasteiger partial charge in [0, 0.05) is 25.3 Å². The Balaban J connectivity index is 1.75. The molecular formula is C26H30ClN3O5. The van der Waals surface area contributed by atoms with Crippen LogP contribution in [0.3, 0.4) is 0 Å². The van der Waals surface area contributed by atoms with E-state index in [2.05, 4.69) is 0 Å². The lowest BCUT2D eigenvalue weighted by Crippen LogP contribution is -2.39. The van der Waals surface area contributed by atoms with Crippen LogP contribution in [0.5, 0.6) is 17.4 Å². The van der Waals surface area contributed by atoms with Gasteiger partial charge < -0.3 is 23.8 Å². The third-order valence-corrected chi connectivity index (χ3v) is 6.15. The summed E-state index contributed by atoms with van der Waals surface area (Å²) in [5.41, 5.74) is 2.31.